The molecule has 0 spiro atoms. The van der Waals surface area contributed by atoms with Gasteiger partial charge in [-0.3, -0.25) is 4.79 Å². The van der Waals surface area contributed by atoms with E-state index in [1.54, 1.807) is 11.3 Å². The normalized spacial score (nSPS) is 13.9. The van der Waals surface area contributed by atoms with E-state index in [1.807, 2.05) is 36.0 Å². The van der Waals surface area contributed by atoms with Crippen LogP contribution in [-0.2, 0) is 12.2 Å². The Morgan fingerprint density at radius 3 is 3.00 bits per heavy atom. The molecule has 5 heteroatoms. The number of carbonyl (C=O) groups is 1. The third-order valence-electron chi connectivity index (χ3n) is 2.93. The van der Waals surface area contributed by atoms with E-state index >= 15 is 0 Å². The smallest absolute Gasteiger partial charge is 0.265 e. The topological polar surface area (TPSA) is 29.1 Å². The van der Waals surface area contributed by atoms with Gasteiger partial charge in [-0.05, 0) is 64.6 Å². The molecule has 2 heterocycles. The number of hydrogen-bond donors (Lipinski definition) is 1. The number of halogens is 1. The summed E-state index contributed by atoms with van der Waals surface area (Å²) in [5.74, 6) is 2.22. The molecule has 0 fully saturated rings. The molecular formula is C14H12INOS2. The average molecular weight is 401 g/mol. The van der Waals surface area contributed by atoms with Gasteiger partial charge in [0.15, 0.2) is 0 Å². The standard InChI is InChI=1S/C14H12INOS2/c15-10-2-1-3-11(7-10)16-14(17)13-6-9-8-18-5-4-12(9)19-13/h1-3,6-7H,4-5,8H2,(H,16,17). The molecule has 0 aliphatic carbocycles. The third-order valence-corrected chi connectivity index (χ3v) is 5.85. The van der Waals surface area contributed by atoms with E-state index in [0.717, 1.165) is 26.3 Å². The second kappa shape index (κ2) is 5.85. The van der Waals surface area contributed by atoms with E-state index in [9.17, 15) is 4.79 Å². The Kier molecular flexibility index (Phi) is 4.14. The van der Waals surface area contributed by atoms with Crippen LogP contribution in [0.25, 0.3) is 0 Å². The van der Waals surface area contributed by atoms with Crippen LogP contribution in [0.2, 0.25) is 0 Å². The Morgan fingerprint density at radius 2 is 2.21 bits per heavy atom. The van der Waals surface area contributed by atoms with Gasteiger partial charge in [0.1, 0.15) is 0 Å². The van der Waals surface area contributed by atoms with E-state index in [4.69, 9.17) is 0 Å². The molecule has 1 aliphatic rings. The first-order chi connectivity index (χ1) is 9.22. The highest BCUT2D eigenvalue weighted by atomic mass is 127. The second-order valence-electron chi connectivity index (χ2n) is 4.33. The number of amides is 1. The molecule has 0 unspecified atom stereocenters. The van der Waals surface area contributed by atoms with Gasteiger partial charge >= 0.3 is 0 Å². The van der Waals surface area contributed by atoms with Crippen molar-refractivity contribution in [3.05, 3.63) is 49.2 Å². The summed E-state index contributed by atoms with van der Waals surface area (Å²) in [5.41, 5.74) is 2.20. The van der Waals surface area contributed by atoms with E-state index in [0.29, 0.717) is 0 Å². The van der Waals surface area contributed by atoms with Crippen LogP contribution in [-0.4, -0.2) is 11.7 Å². The fourth-order valence-corrected chi connectivity index (χ4v) is 4.83. The van der Waals surface area contributed by atoms with Gasteiger partial charge in [0, 0.05) is 19.9 Å². The minimum absolute atomic E-state index is 0.00593. The first-order valence-corrected chi connectivity index (χ1v) is 9.03. The van der Waals surface area contributed by atoms with Crippen LogP contribution in [0, 0.1) is 3.57 Å². The molecule has 0 saturated carbocycles. The highest BCUT2D eigenvalue weighted by Gasteiger charge is 2.17. The number of thioether (sulfide) groups is 1. The fraction of sp³-hybridized carbons (Fsp3) is 0.214. The number of carbonyl (C=O) groups excluding carboxylic acids is 1. The second-order valence-corrected chi connectivity index (χ2v) is 7.81. The number of thiophene rings is 1. The molecule has 2 nitrogen and oxygen atoms in total. The van der Waals surface area contributed by atoms with Gasteiger partial charge in [0.25, 0.3) is 5.91 Å². The van der Waals surface area contributed by atoms with Crippen LogP contribution in [0.4, 0.5) is 5.69 Å². The third kappa shape index (κ3) is 3.14. The Hall–Kier alpha value is -0.530. The lowest BCUT2D eigenvalue weighted by Gasteiger charge is -2.08. The highest BCUT2D eigenvalue weighted by Crippen LogP contribution is 2.32. The van der Waals surface area contributed by atoms with Crippen LogP contribution >= 0.6 is 45.7 Å². The van der Waals surface area contributed by atoms with Crippen molar-refractivity contribution in [3.8, 4) is 0 Å². The SMILES string of the molecule is O=C(Nc1cccc(I)c1)c1cc2c(s1)CCSC2. The van der Waals surface area contributed by atoms with E-state index in [-0.39, 0.29) is 5.91 Å². The molecule has 0 radical (unpaired) electrons. The predicted octanol–water partition coefficient (Wildman–Crippen LogP) is 4.39. The van der Waals surface area contributed by atoms with Crippen molar-refractivity contribution in [2.75, 3.05) is 11.1 Å². The maximum atomic E-state index is 12.2. The van der Waals surface area contributed by atoms with Crippen molar-refractivity contribution in [2.45, 2.75) is 12.2 Å². The number of anilines is 1. The van der Waals surface area contributed by atoms with Crippen molar-refractivity contribution in [2.24, 2.45) is 0 Å². The van der Waals surface area contributed by atoms with Gasteiger partial charge in [-0.1, -0.05) is 6.07 Å². The van der Waals surface area contributed by atoms with Crippen LogP contribution in [0.3, 0.4) is 0 Å². The first-order valence-electron chi connectivity index (χ1n) is 5.98. The summed E-state index contributed by atoms with van der Waals surface area (Å²) in [6.45, 7) is 0. The molecule has 0 atom stereocenters. The molecule has 1 aliphatic heterocycles. The van der Waals surface area contributed by atoms with Gasteiger partial charge in [-0.15, -0.1) is 11.3 Å². The predicted molar refractivity (Wildman–Crippen MR) is 91.3 cm³/mol. The number of benzene rings is 1. The summed E-state index contributed by atoms with van der Waals surface area (Å²) in [6, 6.07) is 9.91. The number of hydrogen-bond acceptors (Lipinski definition) is 3. The minimum Gasteiger partial charge on any atom is -0.321 e. The molecule has 0 saturated heterocycles. The molecule has 1 aromatic carbocycles. The largest absolute Gasteiger partial charge is 0.321 e. The van der Waals surface area contributed by atoms with Crippen LogP contribution in [0.15, 0.2) is 30.3 Å². The molecule has 2 aromatic rings. The lowest BCUT2D eigenvalue weighted by molar-refractivity contribution is 0.103. The summed E-state index contributed by atoms with van der Waals surface area (Å²) in [6.07, 6.45) is 1.10. The molecule has 19 heavy (non-hydrogen) atoms. The van der Waals surface area contributed by atoms with E-state index in [2.05, 4.69) is 34.0 Å². The highest BCUT2D eigenvalue weighted by molar-refractivity contribution is 14.1. The zero-order chi connectivity index (χ0) is 13.2. The zero-order valence-corrected chi connectivity index (χ0v) is 13.9. The molecule has 1 N–H and O–H groups in total. The molecule has 0 bridgehead atoms. The summed E-state index contributed by atoms with van der Waals surface area (Å²) in [5, 5.41) is 2.97. The monoisotopic (exact) mass is 401 g/mol. The molecule has 1 amide bonds. The zero-order valence-electron chi connectivity index (χ0n) is 10.1. The molecular weight excluding hydrogens is 389 g/mol. The van der Waals surface area contributed by atoms with Crippen LogP contribution in [0.5, 0.6) is 0 Å². The van der Waals surface area contributed by atoms with E-state index in [1.165, 1.54) is 16.2 Å². The summed E-state index contributed by atoms with van der Waals surface area (Å²) >= 11 is 5.83. The van der Waals surface area contributed by atoms with Crippen molar-refractivity contribution in [1.82, 2.24) is 0 Å². The molecule has 98 valence electrons. The summed E-state index contributed by atoms with van der Waals surface area (Å²) < 4.78 is 1.12. The summed E-state index contributed by atoms with van der Waals surface area (Å²) in [7, 11) is 0. The lowest BCUT2D eigenvalue weighted by Crippen LogP contribution is -2.10. The quantitative estimate of drug-likeness (QED) is 0.757. The number of nitrogens with one attached hydrogen (secondary N) is 1. The Balaban J connectivity index is 1.78. The molecule has 3 rings (SSSR count). The average Bonchev–Trinajstić information content (AvgIpc) is 2.82. The Labute approximate surface area is 134 Å². The summed E-state index contributed by atoms with van der Waals surface area (Å²) in [4.78, 5) is 14.4. The Bertz CT molecular complexity index is 600. The van der Waals surface area contributed by atoms with Gasteiger partial charge < -0.3 is 5.32 Å². The van der Waals surface area contributed by atoms with Gasteiger partial charge in [-0.2, -0.15) is 11.8 Å². The Morgan fingerprint density at radius 1 is 1.32 bits per heavy atom. The van der Waals surface area contributed by atoms with Crippen molar-refractivity contribution >= 4 is 57.3 Å². The minimum atomic E-state index is 0.00593. The van der Waals surface area contributed by atoms with Gasteiger partial charge in [-0.25, -0.2) is 0 Å². The molecule has 1 aromatic heterocycles. The van der Waals surface area contributed by atoms with Crippen LogP contribution < -0.4 is 5.32 Å². The fourth-order valence-electron chi connectivity index (χ4n) is 2.02. The van der Waals surface area contributed by atoms with Gasteiger partial charge in [0.2, 0.25) is 0 Å². The maximum absolute atomic E-state index is 12.2. The number of aryl methyl sites for hydroxylation is 1. The lowest BCUT2D eigenvalue weighted by atomic mass is 10.2. The van der Waals surface area contributed by atoms with Crippen molar-refractivity contribution in [1.29, 1.82) is 0 Å². The van der Waals surface area contributed by atoms with Gasteiger partial charge in [0.05, 0.1) is 4.88 Å². The van der Waals surface area contributed by atoms with Crippen molar-refractivity contribution in [3.63, 3.8) is 0 Å². The van der Waals surface area contributed by atoms with E-state index < -0.39 is 0 Å². The van der Waals surface area contributed by atoms with Crippen molar-refractivity contribution < 1.29 is 4.79 Å². The van der Waals surface area contributed by atoms with Crippen LogP contribution in [0.1, 0.15) is 20.1 Å². The maximum Gasteiger partial charge on any atom is 0.265 e. The number of fused-ring (bicyclic) bond motifs is 1. The number of rotatable bonds is 2. The first kappa shape index (κ1) is 13.5.